The Bertz CT molecular complexity index is 836. The highest BCUT2D eigenvalue weighted by Gasteiger charge is 2.34. The van der Waals surface area contributed by atoms with Crippen molar-refractivity contribution in [1.29, 1.82) is 0 Å². The van der Waals surface area contributed by atoms with Gasteiger partial charge in [0.1, 0.15) is 5.01 Å². The van der Waals surface area contributed by atoms with Crippen LogP contribution in [-0.2, 0) is 16.0 Å². The van der Waals surface area contributed by atoms with Gasteiger partial charge in [0.25, 0.3) is 5.22 Å². The van der Waals surface area contributed by atoms with Crippen LogP contribution in [0.1, 0.15) is 17.8 Å². The minimum absolute atomic E-state index is 0.0661. The number of nitrogens with one attached hydrogen (secondary N) is 3. The van der Waals surface area contributed by atoms with Gasteiger partial charge in [-0.2, -0.15) is 0 Å². The molecule has 1 saturated heterocycles. The van der Waals surface area contributed by atoms with E-state index in [0.29, 0.717) is 5.13 Å². The number of hydrogen-bond acceptors (Lipinski definition) is 10. The van der Waals surface area contributed by atoms with Gasteiger partial charge < -0.3 is 9.73 Å². The number of rotatable bonds is 6. The molecule has 11 nitrogen and oxygen atoms in total. The fourth-order valence-electron chi connectivity index (χ4n) is 2.24. The smallest absolute Gasteiger partial charge is 0.321 e. The predicted octanol–water partition coefficient (Wildman–Crippen LogP) is 0.347. The molecule has 26 heavy (non-hydrogen) atoms. The summed E-state index contributed by atoms with van der Waals surface area (Å²) in [5.74, 6) is -0.837. The number of aryl methyl sites for hydroxylation is 1. The van der Waals surface area contributed by atoms with Crippen molar-refractivity contribution in [2.24, 2.45) is 5.92 Å². The molecule has 0 saturated carbocycles. The zero-order valence-corrected chi connectivity index (χ0v) is 15.4. The van der Waals surface area contributed by atoms with Gasteiger partial charge >= 0.3 is 6.03 Å². The topological polar surface area (TPSA) is 152 Å². The lowest BCUT2D eigenvalue weighted by Gasteiger charge is -2.27. The summed E-state index contributed by atoms with van der Waals surface area (Å²) < 4.78 is 5.46. The number of aromatic nitrogens is 4. The highest BCUT2D eigenvalue weighted by molar-refractivity contribution is 7.99. The molecule has 13 heteroatoms. The molecule has 1 aliphatic rings. The second kappa shape index (κ2) is 7.78. The molecule has 2 atom stereocenters. The van der Waals surface area contributed by atoms with E-state index >= 15 is 0 Å². The summed E-state index contributed by atoms with van der Waals surface area (Å²) in [6, 6.07) is -0.863. The van der Waals surface area contributed by atoms with Crippen molar-refractivity contribution in [1.82, 2.24) is 31.0 Å². The molecule has 4 amide bonds. The molecular weight excluding hydrogens is 382 g/mol. The van der Waals surface area contributed by atoms with Gasteiger partial charge in [-0.3, -0.25) is 20.2 Å². The second-order valence-electron chi connectivity index (χ2n) is 5.49. The number of urea groups is 1. The van der Waals surface area contributed by atoms with E-state index in [0.717, 1.165) is 16.8 Å². The van der Waals surface area contributed by atoms with Crippen molar-refractivity contribution in [2.75, 3.05) is 11.1 Å². The quantitative estimate of drug-likeness (QED) is 0.586. The first-order chi connectivity index (χ1) is 12.4. The fraction of sp³-hybridized carbons (Fsp3) is 0.462. The van der Waals surface area contributed by atoms with Crippen LogP contribution in [0.4, 0.5) is 9.93 Å². The highest BCUT2D eigenvalue weighted by atomic mass is 32.2. The number of hydrogen-bond donors (Lipinski definition) is 3. The molecular formula is C13H15N7O4S2. The molecule has 3 heterocycles. The molecule has 138 valence electrons. The Balaban J connectivity index is 1.50. The van der Waals surface area contributed by atoms with Crippen LogP contribution in [-0.4, -0.2) is 50.0 Å². The van der Waals surface area contributed by atoms with Gasteiger partial charge in [0.15, 0.2) is 0 Å². The zero-order chi connectivity index (χ0) is 18.7. The van der Waals surface area contributed by atoms with Gasteiger partial charge in [0, 0.05) is 12.5 Å². The van der Waals surface area contributed by atoms with E-state index in [2.05, 4.69) is 36.3 Å². The SMILES string of the molecule is Cc1nnc(NC(=O)CSc2nnc(CC3C(=O)NC(=O)NC3C)o2)s1. The summed E-state index contributed by atoms with van der Waals surface area (Å²) in [6.45, 7) is 3.52. The molecule has 3 rings (SSSR count). The number of carbonyl (C=O) groups is 3. The standard InChI is InChI=1S/C13H15N7O4S2/c1-5-7(10(22)16-11(23)14-5)3-9-18-20-13(24-9)25-4-8(21)15-12-19-17-6(2)26-12/h5,7H,3-4H2,1-2H3,(H,15,19,21)(H2,14,16,22,23). The lowest BCUT2D eigenvalue weighted by molar-refractivity contribution is -0.125. The Kier molecular flexibility index (Phi) is 5.46. The third kappa shape index (κ3) is 4.54. The molecule has 2 unspecified atom stereocenters. The van der Waals surface area contributed by atoms with Crippen LogP contribution < -0.4 is 16.0 Å². The van der Waals surface area contributed by atoms with E-state index in [9.17, 15) is 14.4 Å². The Morgan fingerprint density at radius 2 is 2.12 bits per heavy atom. The molecule has 3 N–H and O–H groups in total. The molecule has 0 spiro atoms. The van der Waals surface area contributed by atoms with Gasteiger partial charge in [-0.15, -0.1) is 20.4 Å². The molecule has 0 aromatic carbocycles. The van der Waals surface area contributed by atoms with Crippen molar-refractivity contribution < 1.29 is 18.8 Å². The maximum absolute atomic E-state index is 11.9. The van der Waals surface area contributed by atoms with Crippen molar-refractivity contribution >= 4 is 46.1 Å². The lowest BCUT2D eigenvalue weighted by atomic mass is 9.95. The van der Waals surface area contributed by atoms with Crippen molar-refractivity contribution in [2.45, 2.75) is 31.5 Å². The number of thioether (sulfide) groups is 1. The van der Waals surface area contributed by atoms with E-state index in [1.807, 2.05) is 0 Å². The molecule has 0 radical (unpaired) electrons. The second-order valence-corrected chi connectivity index (χ2v) is 7.60. The largest absolute Gasteiger partial charge is 0.416 e. The Morgan fingerprint density at radius 1 is 1.31 bits per heavy atom. The molecule has 2 aromatic heterocycles. The van der Waals surface area contributed by atoms with Crippen LogP contribution in [0.3, 0.4) is 0 Å². The molecule has 1 aliphatic heterocycles. The van der Waals surface area contributed by atoms with E-state index in [1.54, 1.807) is 13.8 Å². The van der Waals surface area contributed by atoms with Crippen molar-refractivity contribution in [3.05, 3.63) is 10.9 Å². The third-order valence-corrected chi connectivity index (χ3v) is 5.05. The van der Waals surface area contributed by atoms with E-state index in [-0.39, 0.29) is 41.1 Å². The van der Waals surface area contributed by atoms with Crippen LogP contribution in [0.25, 0.3) is 0 Å². The number of carbonyl (C=O) groups excluding carboxylic acids is 3. The lowest BCUT2D eigenvalue weighted by Crippen LogP contribution is -2.57. The van der Waals surface area contributed by atoms with Crippen LogP contribution in [0.5, 0.6) is 0 Å². The highest BCUT2D eigenvalue weighted by Crippen LogP contribution is 2.21. The first-order valence-electron chi connectivity index (χ1n) is 7.57. The van der Waals surface area contributed by atoms with Gasteiger partial charge in [-0.25, -0.2) is 4.79 Å². The monoisotopic (exact) mass is 397 g/mol. The number of imide groups is 1. The summed E-state index contributed by atoms with van der Waals surface area (Å²) >= 11 is 2.35. The Hall–Kier alpha value is -2.54. The summed E-state index contributed by atoms with van der Waals surface area (Å²) in [5, 5.41) is 24.2. The van der Waals surface area contributed by atoms with Gasteiger partial charge in [0.2, 0.25) is 22.8 Å². The van der Waals surface area contributed by atoms with Gasteiger partial charge in [-0.05, 0) is 13.8 Å². The summed E-state index contributed by atoms with van der Waals surface area (Å²) in [6.07, 6.45) is 0.192. The average Bonchev–Trinajstić information content (AvgIpc) is 3.18. The van der Waals surface area contributed by atoms with Crippen molar-refractivity contribution in [3.8, 4) is 0 Å². The molecule has 2 aromatic rings. The Morgan fingerprint density at radius 3 is 2.81 bits per heavy atom. The van der Waals surface area contributed by atoms with Gasteiger partial charge in [0.05, 0.1) is 11.7 Å². The van der Waals surface area contributed by atoms with E-state index in [4.69, 9.17) is 4.42 Å². The summed E-state index contributed by atoms with van der Waals surface area (Å²) in [7, 11) is 0. The van der Waals surface area contributed by atoms with E-state index in [1.165, 1.54) is 11.3 Å². The van der Waals surface area contributed by atoms with Crippen LogP contribution in [0.2, 0.25) is 0 Å². The Labute approximate surface area is 155 Å². The molecule has 0 bridgehead atoms. The summed E-state index contributed by atoms with van der Waals surface area (Å²) in [4.78, 5) is 35.0. The van der Waals surface area contributed by atoms with Crippen LogP contribution in [0.15, 0.2) is 9.64 Å². The number of nitrogens with zero attached hydrogens (tertiary/aromatic N) is 4. The minimum Gasteiger partial charge on any atom is -0.416 e. The first kappa shape index (κ1) is 18.3. The van der Waals surface area contributed by atoms with E-state index < -0.39 is 11.9 Å². The molecule has 1 fully saturated rings. The average molecular weight is 397 g/mol. The fourth-order valence-corrected chi connectivity index (χ4v) is 3.43. The number of anilines is 1. The normalized spacial score (nSPS) is 19.8. The van der Waals surface area contributed by atoms with Crippen LogP contribution >= 0.6 is 23.1 Å². The number of amides is 4. The van der Waals surface area contributed by atoms with Gasteiger partial charge in [-0.1, -0.05) is 23.1 Å². The maximum atomic E-state index is 11.9. The maximum Gasteiger partial charge on any atom is 0.321 e. The molecule has 0 aliphatic carbocycles. The third-order valence-electron chi connectivity index (χ3n) is 3.48. The van der Waals surface area contributed by atoms with Crippen LogP contribution in [0, 0.1) is 12.8 Å². The minimum atomic E-state index is -0.517. The zero-order valence-electron chi connectivity index (χ0n) is 13.8. The van der Waals surface area contributed by atoms with Crippen molar-refractivity contribution in [3.63, 3.8) is 0 Å². The first-order valence-corrected chi connectivity index (χ1v) is 9.37. The predicted molar refractivity (Wildman–Crippen MR) is 91.6 cm³/mol. The summed E-state index contributed by atoms with van der Waals surface area (Å²) in [5.41, 5.74) is 0.